The Morgan fingerprint density at radius 3 is 2.55 bits per heavy atom. The molecular formula is C21H26O8. The number of benzene rings is 1. The molecule has 1 saturated heterocycles. The van der Waals surface area contributed by atoms with Crippen LogP contribution in [-0.4, -0.2) is 43.7 Å². The van der Waals surface area contributed by atoms with E-state index >= 15 is 0 Å². The number of ether oxygens (including phenoxy) is 6. The Labute approximate surface area is 169 Å². The van der Waals surface area contributed by atoms with Crippen molar-refractivity contribution in [3.8, 4) is 17.2 Å². The van der Waals surface area contributed by atoms with E-state index in [1.165, 1.54) is 7.11 Å². The standard InChI is InChI=1S/C21H26O8/c1-7-11(2)19(22)28-17(12(3)27-20(23)21(5)13(4)29-21)14-8-15(24-6)18-16(9-14)25-10-26-18/h7-9,12-13,17H,10H2,1-6H3/b11-7-/t12-,13?,17-,21?/m0/s1. The molecule has 0 spiro atoms. The van der Waals surface area contributed by atoms with Crippen LogP contribution in [0.25, 0.3) is 0 Å². The van der Waals surface area contributed by atoms with Crippen molar-refractivity contribution >= 4 is 11.9 Å². The summed E-state index contributed by atoms with van der Waals surface area (Å²) >= 11 is 0. The highest BCUT2D eigenvalue weighted by atomic mass is 16.7. The van der Waals surface area contributed by atoms with Crippen LogP contribution in [0.2, 0.25) is 0 Å². The van der Waals surface area contributed by atoms with Crippen LogP contribution in [0.15, 0.2) is 23.8 Å². The fraction of sp³-hybridized carbons (Fsp3) is 0.524. The molecule has 8 heteroatoms. The lowest BCUT2D eigenvalue weighted by Gasteiger charge is -2.26. The van der Waals surface area contributed by atoms with Gasteiger partial charge in [0.25, 0.3) is 0 Å². The second-order valence-corrected chi connectivity index (χ2v) is 7.23. The van der Waals surface area contributed by atoms with Gasteiger partial charge < -0.3 is 28.4 Å². The Morgan fingerprint density at radius 2 is 1.97 bits per heavy atom. The van der Waals surface area contributed by atoms with Gasteiger partial charge in [-0.2, -0.15) is 0 Å². The summed E-state index contributed by atoms with van der Waals surface area (Å²) in [5.41, 5.74) is 0.0140. The predicted molar refractivity (Wildman–Crippen MR) is 102 cm³/mol. The highest BCUT2D eigenvalue weighted by molar-refractivity contribution is 5.88. The van der Waals surface area contributed by atoms with Crippen LogP contribution in [0.1, 0.15) is 46.3 Å². The molecule has 158 valence electrons. The second-order valence-electron chi connectivity index (χ2n) is 7.23. The predicted octanol–water partition coefficient (Wildman–Crippen LogP) is 3.08. The smallest absolute Gasteiger partial charge is 0.341 e. The summed E-state index contributed by atoms with van der Waals surface area (Å²) in [4.78, 5) is 25.0. The molecule has 1 aromatic rings. The lowest BCUT2D eigenvalue weighted by atomic mass is 10.0. The van der Waals surface area contributed by atoms with Crippen molar-refractivity contribution in [1.82, 2.24) is 0 Å². The average Bonchev–Trinajstić information content (AvgIpc) is 3.09. The lowest BCUT2D eigenvalue weighted by molar-refractivity contribution is -0.168. The van der Waals surface area contributed by atoms with Crippen LogP contribution in [-0.2, 0) is 23.8 Å². The molecule has 4 atom stereocenters. The number of fused-ring (bicyclic) bond motifs is 1. The van der Waals surface area contributed by atoms with Gasteiger partial charge >= 0.3 is 11.9 Å². The van der Waals surface area contributed by atoms with Gasteiger partial charge in [0.15, 0.2) is 23.2 Å². The molecule has 2 unspecified atom stereocenters. The van der Waals surface area contributed by atoms with Gasteiger partial charge in [-0.25, -0.2) is 9.59 Å². The van der Waals surface area contributed by atoms with Gasteiger partial charge in [-0.05, 0) is 46.8 Å². The number of epoxide rings is 1. The molecule has 3 rings (SSSR count). The molecule has 0 aliphatic carbocycles. The lowest BCUT2D eigenvalue weighted by Crippen LogP contribution is -2.33. The first-order chi connectivity index (χ1) is 13.7. The summed E-state index contributed by atoms with van der Waals surface area (Å²) in [6, 6.07) is 3.37. The zero-order chi connectivity index (χ0) is 21.3. The van der Waals surface area contributed by atoms with Crippen LogP contribution in [0, 0.1) is 0 Å². The Morgan fingerprint density at radius 1 is 1.28 bits per heavy atom. The van der Waals surface area contributed by atoms with Crippen molar-refractivity contribution in [2.75, 3.05) is 13.9 Å². The van der Waals surface area contributed by atoms with Crippen molar-refractivity contribution < 1.29 is 38.0 Å². The number of rotatable bonds is 7. The molecule has 2 aliphatic rings. The highest BCUT2D eigenvalue weighted by Crippen LogP contribution is 2.44. The molecule has 2 heterocycles. The highest BCUT2D eigenvalue weighted by Gasteiger charge is 2.57. The molecule has 0 radical (unpaired) electrons. The third-order valence-electron chi connectivity index (χ3n) is 5.26. The minimum absolute atomic E-state index is 0.0649. The molecule has 0 aromatic heterocycles. The minimum atomic E-state index is -0.978. The first-order valence-corrected chi connectivity index (χ1v) is 9.41. The molecule has 0 saturated carbocycles. The summed E-state index contributed by atoms with van der Waals surface area (Å²) in [6.45, 7) is 8.58. The third kappa shape index (κ3) is 4.03. The normalized spacial score (nSPS) is 24.5. The number of carbonyl (C=O) groups is 2. The van der Waals surface area contributed by atoms with E-state index in [2.05, 4.69) is 0 Å². The van der Waals surface area contributed by atoms with Gasteiger partial charge in [0.1, 0.15) is 6.10 Å². The van der Waals surface area contributed by atoms with Crippen LogP contribution >= 0.6 is 0 Å². The fourth-order valence-electron chi connectivity index (χ4n) is 2.97. The molecule has 0 amide bonds. The zero-order valence-electron chi connectivity index (χ0n) is 17.4. The third-order valence-corrected chi connectivity index (χ3v) is 5.26. The number of esters is 2. The summed E-state index contributed by atoms with van der Waals surface area (Å²) in [5.74, 6) is 0.354. The first kappa shape index (κ1) is 21.0. The van der Waals surface area contributed by atoms with Crippen LogP contribution in [0.5, 0.6) is 17.2 Å². The molecule has 1 fully saturated rings. The Hall–Kier alpha value is -2.74. The van der Waals surface area contributed by atoms with Crippen molar-refractivity contribution in [3.05, 3.63) is 29.3 Å². The van der Waals surface area contributed by atoms with Crippen molar-refractivity contribution in [2.45, 2.75) is 58.5 Å². The second kappa shape index (κ2) is 7.94. The van der Waals surface area contributed by atoms with Gasteiger partial charge in [-0.1, -0.05) is 6.08 Å². The Bertz CT molecular complexity index is 845. The van der Waals surface area contributed by atoms with E-state index in [0.717, 1.165) is 0 Å². The fourth-order valence-corrected chi connectivity index (χ4v) is 2.97. The Balaban J connectivity index is 1.91. The van der Waals surface area contributed by atoms with E-state index in [1.54, 1.807) is 52.8 Å². The summed E-state index contributed by atoms with van der Waals surface area (Å²) in [5, 5.41) is 0. The van der Waals surface area contributed by atoms with Gasteiger partial charge in [0.2, 0.25) is 12.5 Å². The van der Waals surface area contributed by atoms with Gasteiger partial charge in [0.05, 0.1) is 13.2 Å². The number of hydrogen-bond acceptors (Lipinski definition) is 8. The molecule has 2 aliphatic heterocycles. The number of methoxy groups -OCH3 is 1. The largest absolute Gasteiger partial charge is 0.493 e. The van der Waals surface area contributed by atoms with Crippen molar-refractivity contribution in [1.29, 1.82) is 0 Å². The number of hydrogen-bond donors (Lipinski definition) is 0. The molecule has 0 bridgehead atoms. The maximum Gasteiger partial charge on any atom is 0.341 e. The molecule has 29 heavy (non-hydrogen) atoms. The average molecular weight is 406 g/mol. The topological polar surface area (TPSA) is 92.8 Å². The van der Waals surface area contributed by atoms with E-state index in [-0.39, 0.29) is 12.9 Å². The van der Waals surface area contributed by atoms with E-state index in [1.807, 2.05) is 0 Å². The van der Waals surface area contributed by atoms with E-state index in [4.69, 9.17) is 28.4 Å². The van der Waals surface area contributed by atoms with E-state index in [9.17, 15) is 9.59 Å². The summed E-state index contributed by atoms with van der Waals surface area (Å²) < 4.78 is 32.9. The number of allylic oxidation sites excluding steroid dienone is 1. The first-order valence-electron chi connectivity index (χ1n) is 9.41. The SMILES string of the molecule is C/C=C(/C)C(=O)O[C@H](c1cc(OC)c2c(c1)OCO2)[C@H](C)OC(=O)C1(C)OC1C. The molecule has 8 nitrogen and oxygen atoms in total. The van der Waals surface area contributed by atoms with E-state index < -0.39 is 29.7 Å². The Kier molecular flexibility index (Phi) is 5.75. The van der Waals surface area contributed by atoms with Crippen LogP contribution in [0.4, 0.5) is 0 Å². The van der Waals surface area contributed by atoms with Crippen molar-refractivity contribution in [2.24, 2.45) is 0 Å². The van der Waals surface area contributed by atoms with E-state index in [0.29, 0.717) is 28.4 Å². The summed E-state index contributed by atoms with van der Waals surface area (Å²) in [6.07, 6.45) is -0.243. The number of carbonyl (C=O) groups excluding carboxylic acids is 2. The maximum absolute atomic E-state index is 12.5. The van der Waals surface area contributed by atoms with Crippen LogP contribution < -0.4 is 14.2 Å². The molecular weight excluding hydrogens is 380 g/mol. The van der Waals surface area contributed by atoms with Crippen LogP contribution in [0.3, 0.4) is 0 Å². The maximum atomic E-state index is 12.5. The van der Waals surface area contributed by atoms with Gasteiger partial charge in [0, 0.05) is 11.1 Å². The quantitative estimate of drug-likeness (QED) is 0.387. The monoisotopic (exact) mass is 406 g/mol. The zero-order valence-corrected chi connectivity index (χ0v) is 17.4. The van der Waals surface area contributed by atoms with Gasteiger partial charge in [-0.3, -0.25) is 0 Å². The molecule has 0 N–H and O–H groups in total. The van der Waals surface area contributed by atoms with Gasteiger partial charge in [-0.15, -0.1) is 0 Å². The minimum Gasteiger partial charge on any atom is -0.493 e. The summed E-state index contributed by atoms with van der Waals surface area (Å²) in [7, 11) is 1.50. The van der Waals surface area contributed by atoms with Crippen molar-refractivity contribution in [3.63, 3.8) is 0 Å². The molecule has 1 aromatic carbocycles.